The van der Waals surface area contributed by atoms with Gasteiger partial charge in [-0.15, -0.1) is 0 Å². The molecule has 0 amide bonds. The molecule has 2 aliphatic carbocycles. The molecule has 1 unspecified atom stereocenters. The number of furan rings is 1. The minimum absolute atomic E-state index is 0.261. The van der Waals surface area contributed by atoms with Crippen molar-refractivity contribution in [2.45, 2.75) is 6.42 Å². The third kappa shape index (κ3) is 5.21. The van der Waals surface area contributed by atoms with Crippen molar-refractivity contribution < 1.29 is 4.42 Å². The molecule has 58 heavy (non-hydrogen) atoms. The highest BCUT2D eigenvalue weighted by Crippen LogP contribution is 2.44. The zero-order chi connectivity index (χ0) is 38.2. The van der Waals surface area contributed by atoms with Gasteiger partial charge in [-0.3, -0.25) is 0 Å². The molecule has 7 aromatic carbocycles. The third-order valence-corrected chi connectivity index (χ3v) is 11.8. The number of para-hydroxylation sites is 2. The summed E-state index contributed by atoms with van der Waals surface area (Å²) in [6.45, 7) is 0. The van der Waals surface area contributed by atoms with Crippen LogP contribution < -0.4 is 0 Å². The second-order valence-electron chi connectivity index (χ2n) is 15.2. The largest absolute Gasteiger partial charge is 0.455 e. The minimum Gasteiger partial charge on any atom is -0.455 e. The molecule has 0 bridgehead atoms. The van der Waals surface area contributed by atoms with E-state index in [9.17, 15) is 0 Å². The van der Waals surface area contributed by atoms with Gasteiger partial charge >= 0.3 is 0 Å². The molecule has 2 aliphatic rings. The van der Waals surface area contributed by atoms with Crippen LogP contribution in [0.25, 0.3) is 99.7 Å². The molecule has 0 N–H and O–H groups in total. The van der Waals surface area contributed by atoms with E-state index in [1.807, 2.05) is 18.2 Å². The normalized spacial score (nSPS) is 15.1. The highest BCUT2D eigenvalue weighted by atomic mass is 16.3. The lowest BCUT2D eigenvalue weighted by atomic mass is 9.84. The number of hydrogen-bond acceptors (Lipinski definition) is 4. The molecule has 12 rings (SSSR count). The van der Waals surface area contributed by atoms with Crippen molar-refractivity contribution in [1.29, 1.82) is 0 Å². The van der Waals surface area contributed by atoms with Crippen molar-refractivity contribution in [3.05, 3.63) is 200 Å². The van der Waals surface area contributed by atoms with E-state index in [2.05, 4.69) is 174 Å². The Kier molecular flexibility index (Phi) is 7.29. The summed E-state index contributed by atoms with van der Waals surface area (Å²) in [7, 11) is 0. The van der Waals surface area contributed by atoms with Gasteiger partial charge in [0.1, 0.15) is 11.2 Å². The molecule has 5 heteroatoms. The van der Waals surface area contributed by atoms with E-state index >= 15 is 0 Å². The average molecular weight is 743 g/mol. The zero-order valence-electron chi connectivity index (χ0n) is 31.4. The lowest BCUT2D eigenvalue weighted by Gasteiger charge is -2.22. The van der Waals surface area contributed by atoms with Gasteiger partial charge in [-0.2, -0.15) is 0 Å². The van der Waals surface area contributed by atoms with Gasteiger partial charge in [-0.25, -0.2) is 15.0 Å². The average Bonchev–Trinajstić information content (AvgIpc) is 3.83. The van der Waals surface area contributed by atoms with Gasteiger partial charge in [-0.05, 0) is 81.9 Å². The van der Waals surface area contributed by atoms with Crippen LogP contribution in [0.2, 0.25) is 0 Å². The van der Waals surface area contributed by atoms with Crippen LogP contribution >= 0.6 is 0 Å². The van der Waals surface area contributed by atoms with Crippen LogP contribution in [0.1, 0.15) is 12.2 Å². The molecule has 5 nitrogen and oxygen atoms in total. The molecule has 0 spiro atoms. The summed E-state index contributed by atoms with van der Waals surface area (Å²) >= 11 is 0. The Morgan fingerprint density at radius 3 is 2.17 bits per heavy atom. The highest BCUT2D eigenvalue weighted by Gasteiger charge is 2.26. The third-order valence-electron chi connectivity index (χ3n) is 11.8. The van der Waals surface area contributed by atoms with E-state index < -0.39 is 0 Å². The van der Waals surface area contributed by atoms with Crippen LogP contribution in [0.5, 0.6) is 0 Å². The van der Waals surface area contributed by atoms with Gasteiger partial charge in [0, 0.05) is 33.0 Å². The first-order valence-electron chi connectivity index (χ1n) is 19.8. The molecule has 0 saturated heterocycles. The van der Waals surface area contributed by atoms with Crippen molar-refractivity contribution >= 4 is 60.1 Å². The molecule has 10 aromatic rings. The molecule has 3 aromatic heterocycles. The van der Waals surface area contributed by atoms with E-state index in [-0.39, 0.29) is 5.92 Å². The Morgan fingerprint density at radius 2 is 1.26 bits per heavy atom. The minimum atomic E-state index is 0.261. The first-order chi connectivity index (χ1) is 28.7. The molecule has 0 aliphatic heterocycles. The smallest absolute Gasteiger partial charge is 0.169 e. The summed E-state index contributed by atoms with van der Waals surface area (Å²) in [5.74, 6) is 2.10. The molecule has 272 valence electrons. The Bertz CT molecular complexity index is 3430. The maximum absolute atomic E-state index is 6.90. The predicted octanol–water partition coefficient (Wildman–Crippen LogP) is 13.5. The lowest BCUT2D eigenvalue weighted by Crippen LogP contribution is -2.10. The van der Waals surface area contributed by atoms with Crippen LogP contribution in [0.15, 0.2) is 198 Å². The fourth-order valence-corrected chi connectivity index (χ4v) is 8.96. The summed E-state index contributed by atoms with van der Waals surface area (Å²) in [5, 5.41) is 6.81. The standard InChI is InChI=1S/C53H34N4O/c1-2-13-33(14-3-1)36-19-12-20-39(29-36)51-54-52(40-26-25-34-15-4-5-16-35(34)30-40)56-53(55-51)49-46(28-27-43-42-22-9-11-24-48(42)58-50(43)49)57-45-23-10-8-21-41(45)44-31-37-17-6-7-18-38(37)32-47(44)57/h1-29,31-32,35H,30H2. The zero-order valence-corrected chi connectivity index (χ0v) is 31.4. The van der Waals surface area contributed by atoms with Crippen molar-refractivity contribution in [2.75, 3.05) is 0 Å². The van der Waals surface area contributed by atoms with Crippen molar-refractivity contribution in [2.24, 2.45) is 5.92 Å². The molecule has 0 radical (unpaired) electrons. The molecule has 1 atom stereocenters. The highest BCUT2D eigenvalue weighted by molar-refractivity contribution is 6.16. The Hall–Kier alpha value is -7.63. The van der Waals surface area contributed by atoms with Gasteiger partial charge in [0.25, 0.3) is 0 Å². The Balaban J connectivity index is 1.18. The fraction of sp³-hybridized carbons (Fsp3) is 0.0377. The molecular weight excluding hydrogens is 709 g/mol. The Labute approximate surface area is 334 Å². The van der Waals surface area contributed by atoms with Gasteiger partial charge in [0.15, 0.2) is 17.5 Å². The maximum Gasteiger partial charge on any atom is 0.169 e. The number of nitrogens with zero attached hydrogens (tertiary/aromatic N) is 4. The number of rotatable bonds is 5. The summed E-state index contributed by atoms with van der Waals surface area (Å²) in [4.78, 5) is 16.1. The van der Waals surface area contributed by atoms with Crippen LogP contribution in [-0.4, -0.2) is 19.5 Å². The second-order valence-corrected chi connectivity index (χ2v) is 15.2. The first kappa shape index (κ1) is 32.6. The van der Waals surface area contributed by atoms with Gasteiger partial charge in [0.2, 0.25) is 0 Å². The summed E-state index contributed by atoms with van der Waals surface area (Å²) in [5.41, 5.74) is 11.0. The SMILES string of the molecule is C1=CC2=CC=C(c3nc(-c4cccc(-c5ccccc5)c4)nc(-c4c(-n5c6ccccc6c6cc7ccccc7cc65)ccc5c4oc4ccccc45)n3)CC2C=C1. The van der Waals surface area contributed by atoms with Gasteiger partial charge in [-0.1, -0.05) is 146 Å². The van der Waals surface area contributed by atoms with E-state index in [4.69, 9.17) is 19.4 Å². The fourth-order valence-electron chi connectivity index (χ4n) is 8.96. The predicted molar refractivity (Wildman–Crippen MR) is 238 cm³/mol. The van der Waals surface area contributed by atoms with Crippen molar-refractivity contribution in [3.8, 4) is 39.6 Å². The number of aromatic nitrogens is 4. The Morgan fingerprint density at radius 1 is 0.517 bits per heavy atom. The van der Waals surface area contributed by atoms with E-state index in [0.717, 1.165) is 72.9 Å². The number of benzene rings is 7. The number of hydrogen-bond donors (Lipinski definition) is 0. The maximum atomic E-state index is 6.90. The van der Waals surface area contributed by atoms with Crippen LogP contribution in [0.4, 0.5) is 0 Å². The summed E-state index contributed by atoms with van der Waals surface area (Å²) in [6, 6.07) is 53.4. The summed E-state index contributed by atoms with van der Waals surface area (Å²) < 4.78 is 9.26. The topological polar surface area (TPSA) is 56.7 Å². The second kappa shape index (κ2) is 13.0. The van der Waals surface area contributed by atoms with E-state index in [1.54, 1.807) is 0 Å². The number of fused-ring (bicyclic) bond motifs is 8. The first-order valence-corrected chi connectivity index (χ1v) is 19.8. The number of allylic oxidation sites excluding steroid dienone is 8. The van der Waals surface area contributed by atoms with Gasteiger partial charge < -0.3 is 8.98 Å². The van der Waals surface area contributed by atoms with Crippen molar-refractivity contribution in [3.63, 3.8) is 0 Å². The molecule has 3 heterocycles. The van der Waals surface area contributed by atoms with Crippen molar-refractivity contribution in [1.82, 2.24) is 19.5 Å². The van der Waals surface area contributed by atoms with Crippen LogP contribution in [0, 0.1) is 5.92 Å². The molecule has 0 fully saturated rings. The van der Waals surface area contributed by atoms with Crippen LogP contribution in [0.3, 0.4) is 0 Å². The molecular formula is C53H34N4O. The van der Waals surface area contributed by atoms with Gasteiger partial charge in [0.05, 0.1) is 22.3 Å². The molecule has 0 saturated carbocycles. The van der Waals surface area contributed by atoms with Crippen LogP contribution in [-0.2, 0) is 0 Å². The quantitative estimate of drug-likeness (QED) is 0.176. The summed E-state index contributed by atoms with van der Waals surface area (Å²) in [6.07, 6.45) is 13.9. The monoisotopic (exact) mass is 742 g/mol. The van der Waals surface area contributed by atoms with E-state index in [0.29, 0.717) is 17.5 Å². The lowest BCUT2D eigenvalue weighted by molar-refractivity contribution is 0.669. The van der Waals surface area contributed by atoms with E-state index in [1.165, 1.54) is 27.1 Å².